The van der Waals surface area contributed by atoms with E-state index >= 15 is 0 Å². The summed E-state index contributed by atoms with van der Waals surface area (Å²) in [6.45, 7) is 11.9. The fraction of sp³-hybridized carbons (Fsp3) is 0.818. The van der Waals surface area contributed by atoms with Gasteiger partial charge in [-0.1, -0.05) is 11.8 Å². The van der Waals surface area contributed by atoms with Crippen molar-refractivity contribution in [2.24, 2.45) is 5.41 Å². The van der Waals surface area contributed by atoms with Crippen molar-refractivity contribution in [3.63, 3.8) is 0 Å². The predicted molar refractivity (Wildman–Crippen MR) is 56.5 cm³/mol. The van der Waals surface area contributed by atoms with Crippen molar-refractivity contribution in [3.8, 4) is 11.8 Å². The minimum atomic E-state index is 0.147. The number of rotatable bonds is 1. The molecule has 0 radical (unpaired) electrons. The van der Waals surface area contributed by atoms with Gasteiger partial charge in [0.2, 0.25) is 0 Å². The summed E-state index contributed by atoms with van der Waals surface area (Å²) < 4.78 is 0. The lowest BCUT2D eigenvalue weighted by Crippen LogP contribution is -2.43. The molecule has 0 aromatic heterocycles. The van der Waals surface area contributed by atoms with Crippen LogP contribution in [0.4, 0.5) is 0 Å². The van der Waals surface area contributed by atoms with Gasteiger partial charge in [0, 0.05) is 31.6 Å². The van der Waals surface area contributed by atoms with Crippen LogP contribution in [0.5, 0.6) is 0 Å². The van der Waals surface area contributed by atoms with Crippen LogP contribution in [-0.4, -0.2) is 37.6 Å². The van der Waals surface area contributed by atoms with Crippen LogP contribution in [-0.2, 0) is 0 Å². The first-order chi connectivity index (χ1) is 6.08. The van der Waals surface area contributed by atoms with E-state index in [1.807, 2.05) is 0 Å². The lowest BCUT2D eigenvalue weighted by Gasteiger charge is -2.25. The first kappa shape index (κ1) is 10.6. The number of hydrogen-bond acceptors (Lipinski definition) is 2. The van der Waals surface area contributed by atoms with Crippen molar-refractivity contribution in [3.05, 3.63) is 0 Å². The summed E-state index contributed by atoms with van der Waals surface area (Å²) in [5.74, 6) is 6.50. The average molecular weight is 180 g/mol. The highest BCUT2D eigenvalue weighted by Crippen LogP contribution is 2.09. The monoisotopic (exact) mass is 180 g/mol. The summed E-state index contributed by atoms with van der Waals surface area (Å²) in [6.07, 6.45) is 0. The molecule has 74 valence electrons. The third-order valence-electron chi connectivity index (χ3n) is 1.98. The highest BCUT2D eigenvalue weighted by Gasteiger charge is 2.07. The molecule has 0 amide bonds. The fourth-order valence-electron chi connectivity index (χ4n) is 1.29. The molecule has 13 heavy (non-hydrogen) atoms. The van der Waals surface area contributed by atoms with E-state index in [0.717, 1.165) is 32.7 Å². The van der Waals surface area contributed by atoms with Crippen molar-refractivity contribution in [1.29, 1.82) is 0 Å². The molecule has 2 nitrogen and oxygen atoms in total. The Morgan fingerprint density at radius 1 is 1.23 bits per heavy atom. The molecule has 0 spiro atoms. The van der Waals surface area contributed by atoms with Crippen LogP contribution in [0.1, 0.15) is 20.8 Å². The van der Waals surface area contributed by atoms with Gasteiger partial charge in [-0.3, -0.25) is 4.90 Å². The molecule has 0 unspecified atom stereocenters. The normalized spacial score (nSPS) is 19.3. The Morgan fingerprint density at radius 3 is 2.38 bits per heavy atom. The van der Waals surface area contributed by atoms with Gasteiger partial charge in [0.05, 0.1) is 6.54 Å². The van der Waals surface area contributed by atoms with Crippen molar-refractivity contribution in [1.82, 2.24) is 10.2 Å². The summed E-state index contributed by atoms with van der Waals surface area (Å²) >= 11 is 0. The molecule has 1 N–H and O–H groups in total. The maximum atomic E-state index is 3.33. The highest BCUT2D eigenvalue weighted by atomic mass is 15.2. The molecule has 0 aromatic rings. The van der Waals surface area contributed by atoms with E-state index in [9.17, 15) is 0 Å². The molecule has 0 aromatic carbocycles. The standard InChI is InChI=1S/C11H20N2/c1-11(2,3)5-4-8-13-9-6-12-7-10-13/h12H,6-10H2,1-3H3. The van der Waals surface area contributed by atoms with Crippen molar-refractivity contribution in [2.75, 3.05) is 32.7 Å². The third-order valence-corrected chi connectivity index (χ3v) is 1.98. The smallest absolute Gasteiger partial charge is 0.0602 e. The number of hydrogen-bond donors (Lipinski definition) is 1. The Bertz CT molecular complexity index is 198. The molecule has 1 saturated heterocycles. The first-order valence-corrected chi connectivity index (χ1v) is 5.01. The molecular weight excluding hydrogens is 160 g/mol. The second kappa shape index (κ2) is 4.64. The van der Waals surface area contributed by atoms with Gasteiger partial charge >= 0.3 is 0 Å². The fourth-order valence-corrected chi connectivity index (χ4v) is 1.29. The van der Waals surface area contributed by atoms with Gasteiger partial charge < -0.3 is 5.32 Å². The summed E-state index contributed by atoms with van der Waals surface area (Å²) in [5.41, 5.74) is 0.147. The van der Waals surface area contributed by atoms with Crippen molar-refractivity contribution < 1.29 is 0 Å². The Balaban J connectivity index is 2.27. The SMILES string of the molecule is CC(C)(C)C#CCN1CCNCC1. The average Bonchev–Trinajstić information content (AvgIpc) is 2.04. The molecule has 0 atom stereocenters. The Hall–Kier alpha value is -0.520. The molecule has 1 aliphatic heterocycles. The Morgan fingerprint density at radius 2 is 1.85 bits per heavy atom. The second-order valence-corrected chi connectivity index (χ2v) is 4.58. The van der Waals surface area contributed by atoms with Gasteiger partial charge in [-0.25, -0.2) is 0 Å². The predicted octanol–water partition coefficient (Wildman–Crippen LogP) is 0.941. The lowest BCUT2D eigenvalue weighted by atomic mass is 9.98. The molecule has 0 bridgehead atoms. The van der Waals surface area contributed by atoms with Gasteiger partial charge in [-0.2, -0.15) is 0 Å². The van der Waals surface area contributed by atoms with Crippen LogP contribution in [0.15, 0.2) is 0 Å². The van der Waals surface area contributed by atoms with E-state index in [-0.39, 0.29) is 5.41 Å². The van der Waals surface area contributed by atoms with Crippen LogP contribution in [0.2, 0.25) is 0 Å². The molecule has 1 heterocycles. The van der Waals surface area contributed by atoms with Gasteiger partial charge in [0.1, 0.15) is 0 Å². The van der Waals surface area contributed by atoms with Gasteiger partial charge in [-0.05, 0) is 20.8 Å². The van der Waals surface area contributed by atoms with Crippen LogP contribution in [0.25, 0.3) is 0 Å². The van der Waals surface area contributed by atoms with Crippen LogP contribution in [0.3, 0.4) is 0 Å². The Labute approximate surface area is 81.7 Å². The van der Waals surface area contributed by atoms with E-state index in [1.54, 1.807) is 0 Å². The zero-order valence-corrected chi connectivity index (χ0v) is 8.98. The largest absolute Gasteiger partial charge is 0.314 e. The molecule has 0 saturated carbocycles. The minimum Gasteiger partial charge on any atom is -0.314 e. The van der Waals surface area contributed by atoms with E-state index in [1.165, 1.54) is 0 Å². The molecule has 2 heteroatoms. The Kier molecular flexibility index (Phi) is 3.77. The van der Waals surface area contributed by atoms with Crippen LogP contribution >= 0.6 is 0 Å². The topological polar surface area (TPSA) is 15.3 Å². The van der Waals surface area contributed by atoms with E-state index in [4.69, 9.17) is 0 Å². The molecule has 1 aliphatic rings. The van der Waals surface area contributed by atoms with Gasteiger partial charge in [0.15, 0.2) is 0 Å². The van der Waals surface area contributed by atoms with Gasteiger partial charge in [0.25, 0.3) is 0 Å². The van der Waals surface area contributed by atoms with Crippen molar-refractivity contribution >= 4 is 0 Å². The number of nitrogens with zero attached hydrogens (tertiary/aromatic N) is 1. The lowest BCUT2D eigenvalue weighted by molar-refractivity contribution is 0.268. The molecule has 0 aliphatic carbocycles. The second-order valence-electron chi connectivity index (χ2n) is 4.58. The molecular formula is C11H20N2. The summed E-state index contributed by atoms with van der Waals surface area (Å²) in [4.78, 5) is 2.40. The third kappa shape index (κ3) is 4.92. The molecule has 1 fully saturated rings. The summed E-state index contributed by atoms with van der Waals surface area (Å²) in [5, 5.41) is 3.33. The zero-order chi connectivity index (χ0) is 9.73. The van der Waals surface area contributed by atoms with E-state index in [0.29, 0.717) is 0 Å². The summed E-state index contributed by atoms with van der Waals surface area (Å²) in [6, 6.07) is 0. The maximum Gasteiger partial charge on any atom is 0.0602 e. The number of piperazine rings is 1. The first-order valence-electron chi connectivity index (χ1n) is 5.01. The minimum absolute atomic E-state index is 0.147. The number of nitrogens with one attached hydrogen (secondary N) is 1. The summed E-state index contributed by atoms with van der Waals surface area (Å²) in [7, 11) is 0. The van der Waals surface area contributed by atoms with Crippen LogP contribution < -0.4 is 5.32 Å². The van der Waals surface area contributed by atoms with E-state index < -0.39 is 0 Å². The van der Waals surface area contributed by atoms with Crippen molar-refractivity contribution in [2.45, 2.75) is 20.8 Å². The van der Waals surface area contributed by atoms with Crippen LogP contribution in [0, 0.1) is 17.3 Å². The molecule has 1 rings (SSSR count). The highest BCUT2D eigenvalue weighted by molar-refractivity contribution is 5.08. The van der Waals surface area contributed by atoms with E-state index in [2.05, 4.69) is 42.8 Å². The zero-order valence-electron chi connectivity index (χ0n) is 8.98. The van der Waals surface area contributed by atoms with Gasteiger partial charge in [-0.15, -0.1) is 0 Å². The maximum absolute atomic E-state index is 3.33. The quantitative estimate of drug-likeness (QED) is 0.604.